The SMILES string of the molecule is Fc1ccc(C(Cl)c2ccc(Cl)cc2Br)cc1F. The van der Waals surface area contributed by atoms with Gasteiger partial charge < -0.3 is 0 Å². The van der Waals surface area contributed by atoms with E-state index in [1.165, 1.54) is 6.07 Å². The van der Waals surface area contributed by atoms with Crippen LogP contribution in [0.4, 0.5) is 8.78 Å². The molecule has 18 heavy (non-hydrogen) atoms. The average Bonchev–Trinajstić information content (AvgIpc) is 2.32. The summed E-state index contributed by atoms with van der Waals surface area (Å²) in [4.78, 5) is 0. The van der Waals surface area contributed by atoms with E-state index in [1.807, 2.05) is 0 Å². The van der Waals surface area contributed by atoms with Crippen molar-refractivity contribution in [3.05, 3.63) is 68.7 Å². The summed E-state index contributed by atoms with van der Waals surface area (Å²) in [7, 11) is 0. The molecular weight excluding hydrogens is 345 g/mol. The van der Waals surface area contributed by atoms with Crippen molar-refractivity contribution < 1.29 is 8.78 Å². The summed E-state index contributed by atoms with van der Waals surface area (Å²) in [6.07, 6.45) is 0. The Balaban J connectivity index is 2.41. The van der Waals surface area contributed by atoms with Gasteiger partial charge in [0.25, 0.3) is 0 Å². The molecule has 2 rings (SSSR count). The first-order valence-electron chi connectivity index (χ1n) is 5.03. The van der Waals surface area contributed by atoms with Gasteiger partial charge in [-0.1, -0.05) is 39.7 Å². The standard InChI is InChI=1S/C13H7BrCl2F2/c14-10-6-8(15)2-3-9(10)13(16)7-1-4-11(17)12(18)5-7/h1-6,13H. The fourth-order valence-electron chi connectivity index (χ4n) is 1.56. The predicted octanol–water partition coefficient (Wildman–Crippen LogP) is 5.71. The number of hydrogen-bond acceptors (Lipinski definition) is 0. The molecule has 94 valence electrons. The van der Waals surface area contributed by atoms with Crippen molar-refractivity contribution in [2.75, 3.05) is 0 Å². The molecule has 0 aliphatic carbocycles. The maximum atomic E-state index is 13.2. The monoisotopic (exact) mass is 350 g/mol. The molecule has 0 fully saturated rings. The zero-order valence-corrected chi connectivity index (χ0v) is 12.0. The molecule has 5 heteroatoms. The zero-order chi connectivity index (χ0) is 13.3. The van der Waals surface area contributed by atoms with E-state index in [9.17, 15) is 8.78 Å². The van der Waals surface area contributed by atoms with Crippen LogP contribution in [0, 0.1) is 11.6 Å². The molecule has 0 saturated heterocycles. The Morgan fingerprint density at radius 3 is 2.33 bits per heavy atom. The number of alkyl halides is 1. The van der Waals surface area contributed by atoms with Gasteiger partial charge in [0.1, 0.15) is 0 Å². The minimum absolute atomic E-state index is 0.485. The summed E-state index contributed by atoms with van der Waals surface area (Å²) in [5, 5.41) is -0.00785. The van der Waals surface area contributed by atoms with Crippen LogP contribution in [0.25, 0.3) is 0 Å². The van der Waals surface area contributed by atoms with E-state index < -0.39 is 17.0 Å². The molecule has 0 amide bonds. The van der Waals surface area contributed by atoms with E-state index in [1.54, 1.807) is 18.2 Å². The van der Waals surface area contributed by atoms with Crippen molar-refractivity contribution in [3.8, 4) is 0 Å². The second-order valence-corrected chi connectivity index (χ2v) is 5.43. The summed E-state index contributed by atoms with van der Waals surface area (Å²) in [5.74, 6) is -1.80. The number of halogens is 5. The molecule has 0 N–H and O–H groups in total. The van der Waals surface area contributed by atoms with Crippen LogP contribution in [0.5, 0.6) is 0 Å². The molecule has 0 aliphatic heterocycles. The van der Waals surface area contributed by atoms with Gasteiger partial charge in [-0.2, -0.15) is 0 Å². The third kappa shape index (κ3) is 2.85. The van der Waals surface area contributed by atoms with Crippen molar-refractivity contribution in [1.29, 1.82) is 0 Å². The molecule has 0 nitrogen and oxygen atoms in total. The molecular formula is C13H7BrCl2F2. The van der Waals surface area contributed by atoms with Gasteiger partial charge in [0.15, 0.2) is 11.6 Å². The third-order valence-electron chi connectivity index (χ3n) is 2.47. The van der Waals surface area contributed by atoms with E-state index >= 15 is 0 Å². The molecule has 2 aromatic carbocycles. The molecule has 0 bridgehead atoms. The first-order valence-corrected chi connectivity index (χ1v) is 6.63. The highest BCUT2D eigenvalue weighted by atomic mass is 79.9. The molecule has 0 aromatic heterocycles. The first kappa shape index (κ1) is 13.8. The highest BCUT2D eigenvalue weighted by Gasteiger charge is 2.16. The summed E-state index contributed by atoms with van der Waals surface area (Å²) < 4.78 is 26.7. The lowest BCUT2D eigenvalue weighted by Gasteiger charge is -2.13. The molecule has 1 atom stereocenters. The average molecular weight is 352 g/mol. The van der Waals surface area contributed by atoms with Crippen molar-refractivity contribution in [3.63, 3.8) is 0 Å². The maximum absolute atomic E-state index is 13.2. The summed E-state index contributed by atoms with van der Waals surface area (Å²) in [5.41, 5.74) is 1.23. The molecule has 0 heterocycles. The van der Waals surface area contributed by atoms with Gasteiger partial charge in [0.2, 0.25) is 0 Å². The normalized spacial score (nSPS) is 12.5. The van der Waals surface area contributed by atoms with Crippen LogP contribution < -0.4 is 0 Å². The van der Waals surface area contributed by atoms with Crippen LogP contribution in [0.3, 0.4) is 0 Å². The molecule has 0 saturated carbocycles. The van der Waals surface area contributed by atoms with Gasteiger partial charge in [0.05, 0.1) is 5.38 Å². The maximum Gasteiger partial charge on any atom is 0.159 e. The second kappa shape index (κ2) is 5.55. The minimum Gasteiger partial charge on any atom is -0.204 e. The van der Waals surface area contributed by atoms with Crippen molar-refractivity contribution in [1.82, 2.24) is 0 Å². The predicted molar refractivity (Wildman–Crippen MR) is 73.2 cm³/mol. The fourth-order valence-corrected chi connectivity index (χ4v) is 2.93. The lowest BCUT2D eigenvalue weighted by Crippen LogP contribution is -1.96. The highest BCUT2D eigenvalue weighted by molar-refractivity contribution is 9.10. The molecule has 0 aliphatic rings. The van der Waals surface area contributed by atoms with Crippen LogP contribution in [0.1, 0.15) is 16.5 Å². The van der Waals surface area contributed by atoms with Gasteiger partial charge in [-0.15, -0.1) is 11.6 Å². The van der Waals surface area contributed by atoms with E-state index in [4.69, 9.17) is 23.2 Å². The number of benzene rings is 2. The molecule has 0 spiro atoms. The van der Waals surface area contributed by atoms with Crippen LogP contribution >= 0.6 is 39.1 Å². The minimum atomic E-state index is -0.914. The van der Waals surface area contributed by atoms with Gasteiger partial charge in [-0.3, -0.25) is 0 Å². The Kier molecular flexibility index (Phi) is 4.25. The van der Waals surface area contributed by atoms with Gasteiger partial charge in [0, 0.05) is 9.50 Å². The van der Waals surface area contributed by atoms with Crippen LogP contribution in [-0.4, -0.2) is 0 Å². The van der Waals surface area contributed by atoms with Gasteiger partial charge in [-0.05, 0) is 35.4 Å². The van der Waals surface area contributed by atoms with E-state index in [2.05, 4.69) is 15.9 Å². The van der Waals surface area contributed by atoms with Crippen molar-refractivity contribution in [2.45, 2.75) is 5.38 Å². The van der Waals surface area contributed by atoms with Crippen molar-refractivity contribution >= 4 is 39.1 Å². The van der Waals surface area contributed by atoms with Gasteiger partial charge >= 0.3 is 0 Å². The lowest BCUT2D eigenvalue weighted by atomic mass is 10.0. The lowest BCUT2D eigenvalue weighted by molar-refractivity contribution is 0.507. The van der Waals surface area contributed by atoms with Crippen LogP contribution in [0.15, 0.2) is 40.9 Å². The first-order chi connectivity index (χ1) is 8.49. The number of hydrogen-bond donors (Lipinski definition) is 0. The Morgan fingerprint density at radius 1 is 1.00 bits per heavy atom. The zero-order valence-electron chi connectivity index (χ0n) is 8.93. The number of rotatable bonds is 2. The van der Waals surface area contributed by atoms with Crippen LogP contribution in [0.2, 0.25) is 5.02 Å². The molecule has 1 unspecified atom stereocenters. The molecule has 0 radical (unpaired) electrons. The van der Waals surface area contributed by atoms with E-state index in [-0.39, 0.29) is 0 Å². The Bertz CT molecular complexity index is 587. The summed E-state index contributed by atoms with van der Waals surface area (Å²) in [6.45, 7) is 0. The van der Waals surface area contributed by atoms with E-state index in [0.29, 0.717) is 10.6 Å². The van der Waals surface area contributed by atoms with Crippen LogP contribution in [-0.2, 0) is 0 Å². The quantitative estimate of drug-likeness (QED) is 0.608. The summed E-state index contributed by atoms with van der Waals surface area (Å²) in [6, 6.07) is 8.74. The highest BCUT2D eigenvalue weighted by Crippen LogP contribution is 2.35. The molecule has 2 aromatic rings. The topological polar surface area (TPSA) is 0 Å². The fraction of sp³-hybridized carbons (Fsp3) is 0.0769. The second-order valence-electron chi connectivity index (χ2n) is 3.70. The Labute approximate surface area is 122 Å². The third-order valence-corrected chi connectivity index (χ3v) is 3.88. The summed E-state index contributed by atoms with van der Waals surface area (Å²) >= 11 is 15.4. The largest absolute Gasteiger partial charge is 0.204 e. The van der Waals surface area contributed by atoms with E-state index in [0.717, 1.165) is 22.2 Å². The Hall–Kier alpha value is -0.640. The Morgan fingerprint density at radius 2 is 1.72 bits per heavy atom. The smallest absolute Gasteiger partial charge is 0.159 e. The van der Waals surface area contributed by atoms with Gasteiger partial charge in [-0.25, -0.2) is 8.78 Å². The van der Waals surface area contributed by atoms with Crippen molar-refractivity contribution in [2.24, 2.45) is 0 Å².